The van der Waals surface area contributed by atoms with Gasteiger partial charge in [0.2, 0.25) is 0 Å². The SMILES string of the molecule is COCCCOCCNc1ccc(COC)cc1. The minimum Gasteiger partial charge on any atom is -0.385 e. The van der Waals surface area contributed by atoms with Gasteiger partial charge in [-0.2, -0.15) is 0 Å². The second-order valence-corrected chi connectivity index (χ2v) is 4.02. The van der Waals surface area contributed by atoms with Crippen LogP contribution in [0.15, 0.2) is 24.3 Å². The summed E-state index contributed by atoms with van der Waals surface area (Å²) >= 11 is 0. The van der Waals surface area contributed by atoms with Crippen molar-refractivity contribution in [2.75, 3.05) is 45.9 Å². The molecule has 1 N–H and O–H groups in total. The van der Waals surface area contributed by atoms with E-state index < -0.39 is 0 Å². The maximum absolute atomic E-state index is 5.46. The predicted octanol–water partition coefficient (Wildman–Crippen LogP) is 2.30. The molecule has 0 radical (unpaired) electrons. The van der Waals surface area contributed by atoms with E-state index in [2.05, 4.69) is 29.6 Å². The Labute approximate surface area is 109 Å². The van der Waals surface area contributed by atoms with Gasteiger partial charge in [-0.1, -0.05) is 12.1 Å². The Hall–Kier alpha value is -1.10. The second kappa shape index (κ2) is 9.88. The van der Waals surface area contributed by atoms with Crippen molar-refractivity contribution in [3.63, 3.8) is 0 Å². The van der Waals surface area contributed by atoms with Gasteiger partial charge in [-0.15, -0.1) is 0 Å². The Morgan fingerprint density at radius 1 is 0.944 bits per heavy atom. The van der Waals surface area contributed by atoms with E-state index in [-0.39, 0.29) is 0 Å². The van der Waals surface area contributed by atoms with E-state index in [0.29, 0.717) is 13.2 Å². The van der Waals surface area contributed by atoms with Crippen LogP contribution in [-0.4, -0.2) is 40.6 Å². The molecule has 18 heavy (non-hydrogen) atoms. The topological polar surface area (TPSA) is 39.7 Å². The quantitative estimate of drug-likeness (QED) is 0.649. The number of anilines is 1. The van der Waals surface area contributed by atoms with E-state index in [1.165, 1.54) is 5.56 Å². The molecule has 0 fully saturated rings. The summed E-state index contributed by atoms with van der Waals surface area (Å²) in [5.74, 6) is 0. The molecule has 0 aliphatic heterocycles. The molecule has 0 saturated heterocycles. The van der Waals surface area contributed by atoms with Crippen LogP contribution in [0.25, 0.3) is 0 Å². The van der Waals surface area contributed by atoms with Crippen LogP contribution in [0.2, 0.25) is 0 Å². The van der Waals surface area contributed by atoms with Crippen LogP contribution in [0.1, 0.15) is 12.0 Å². The fourth-order valence-electron chi connectivity index (χ4n) is 1.56. The van der Waals surface area contributed by atoms with Gasteiger partial charge in [-0.3, -0.25) is 0 Å². The molecular formula is C14H23NO3. The third-order valence-corrected chi connectivity index (χ3v) is 2.48. The summed E-state index contributed by atoms with van der Waals surface area (Å²) in [6, 6.07) is 8.23. The number of hydrogen-bond acceptors (Lipinski definition) is 4. The number of methoxy groups -OCH3 is 2. The van der Waals surface area contributed by atoms with Gasteiger partial charge < -0.3 is 19.5 Å². The Bertz CT molecular complexity index is 300. The maximum atomic E-state index is 5.46. The summed E-state index contributed by atoms with van der Waals surface area (Å²) in [5.41, 5.74) is 2.29. The van der Waals surface area contributed by atoms with Gasteiger partial charge in [-0.05, 0) is 24.1 Å². The van der Waals surface area contributed by atoms with E-state index in [4.69, 9.17) is 14.2 Å². The van der Waals surface area contributed by atoms with E-state index in [0.717, 1.165) is 31.9 Å². The third kappa shape index (κ3) is 6.59. The highest BCUT2D eigenvalue weighted by molar-refractivity contribution is 5.44. The van der Waals surface area contributed by atoms with Crippen molar-refractivity contribution in [3.05, 3.63) is 29.8 Å². The van der Waals surface area contributed by atoms with Crippen LogP contribution in [0.5, 0.6) is 0 Å². The van der Waals surface area contributed by atoms with Crippen molar-refractivity contribution in [2.24, 2.45) is 0 Å². The Morgan fingerprint density at radius 2 is 1.72 bits per heavy atom. The van der Waals surface area contributed by atoms with Gasteiger partial charge in [0.15, 0.2) is 0 Å². The van der Waals surface area contributed by atoms with Crippen molar-refractivity contribution >= 4 is 5.69 Å². The predicted molar refractivity (Wildman–Crippen MR) is 73.0 cm³/mol. The minimum atomic E-state index is 0.656. The van der Waals surface area contributed by atoms with Gasteiger partial charge in [0.05, 0.1) is 13.2 Å². The zero-order valence-electron chi connectivity index (χ0n) is 11.3. The summed E-state index contributed by atoms with van der Waals surface area (Å²) in [6.07, 6.45) is 0.947. The number of rotatable bonds is 10. The molecule has 0 amide bonds. The van der Waals surface area contributed by atoms with Gasteiger partial charge in [0.25, 0.3) is 0 Å². The van der Waals surface area contributed by atoms with Gasteiger partial charge in [-0.25, -0.2) is 0 Å². The number of benzene rings is 1. The van der Waals surface area contributed by atoms with E-state index >= 15 is 0 Å². The largest absolute Gasteiger partial charge is 0.385 e. The first-order chi connectivity index (χ1) is 8.86. The van der Waals surface area contributed by atoms with E-state index in [1.807, 2.05) is 0 Å². The van der Waals surface area contributed by atoms with Crippen molar-refractivity contribution in [1.29, 1.82) is 0 Å². The number of ether oxygens (including phenoxy) is 3. The van der Waals surface area contributed by atoms with Gasteiger partial charge in [0, 0.05) is 39.7 Å². The minimum absolute atomic E-state index is 0.656. The fourth-order valence-corrected chi connectivity index (χ4v) is 1.56. The fraction of sp³-hybridized carbons (Fsp3) is 0.571. The highest BCUT2D eigenvalue weighted by Crippen LogP contribution is 2.09. The molecule has 0 aliphatic carbocycles. The zero-order valence-corrected chi connectivity index (χ0v) is 11.3. The van der Waals surface area contributed by atoms with Crippen LogP contribution in [0.3, 0.4) is 0 Å². The monoisotopic (exact) mass is 253 g/mol. The summed E-state index contributed by atoms with van der Waals surface area (Å²) in [7, 11) is 3.40. The van der Waals surface area contributed by atoms with E-state index in [9.17, 15) is 0 Å². The molecule has 1 aromatic rings. The van der Waals surface area contributed by atoms with Crippen LogP contribution >= 0.6 is 0 Å². The average Bonchev–Trinajstić information content (AvgIpc) is 2.40. The van der Waals surface area contributed by atoms with Crippen molar-refractivity contribution in [1.82, 2.24) is 0 Å². The van der Waals surface area contributed by atoms with Crippen molar-refractivity contribution < 1.29 is 14.2 Å². The molecule has 0 aromatic heterocycles. The number of nitrogens with one attached hydrogen (secondary N) is 1. The summed E-state index contributed by atoms with van der Waals surface area (Å²) in [4.78, 5) is 0. The van der Waals surface area contributed by atoms with Crippen LogP contribution < -0.4 is 5.32 Å². The lowest BCUT2D eigenvalue weighted by Crippen LogP contribution is -2.10. The van der Waals surface area contributed by atoms with Crippen molar-refractivity contribution in [3.8, 4) is 0 Å². The molecule has 0 saturated carbocycles. The second-order valence-electron chi connectivity index (χ2n) is 4.02. The summed E-state index contributed by atoms with van der Waals surface area (Å²) in [5, 5.41) is 3.31. The Balaban J connectivity index is 2.08. The lowest BCUT2D eigenvalue weighted by molar-refractivity contribution is 0.109. The molecule has 102 valence electrons. The average molecular weight is 253 g/mol. The molecule has 0 atom stereocenters. The molecule has 0 aliphatic rings. The van der Waals surface area contributed by atoms with E-state index in [1.54, 1.807) is 14.2 Å². The Kier molecular flexibility index (Phi) is 8.21. The van der Waals surface area contributed by atoms with Crippen LogP contribution in [0, 0.1) is 0 Å². The first-order valence-electron chi connectivity index (χ1n) is 6.25. The zero-order chi connectivity index (χ0) is 13.1. The summed E-state index contributed by atoms with van der Waals surface area (Å²) < 4.78 is 15.5. The van der Waals surface area contributed by atoms with Gasteiger partial charge >= 0.3 is 0 Å². The number of hydrogen-bond donors (Lipinski definition) is 1. The maximum Gasteiger partial charge on any atom is 0.0713 e. The lowest BCUT2D eigenvalue weighted by Gasteiger charge is -2.08. The molecule has 0 unspecified atom stereocenters. The normalized spacial score (nSPS) is 10.6. The Morgan fingerprint density at radius 3 is 2.39 bits per heavy atom. The molecule has 1 aromatic carbocycles. The van der Waals surface area contributed by atoms with Crippen LogP contribution in [-0.2, 0) is 20.8 Å². The lowest BCUT2D eigenvalue weighted by atomic mass is 10.2. The molecule has 1 rings (SSSR count). The standard InChI is InChI=1S/C14H23NO3/c1-16-9-3-10-18-11-8-15-14-6-4-13(5-7-14)12-17-2/h4-7,15H,3,8-12H2,1-2H3. The highest BCUT2D eigenvalue weighted by atomic mass is 16.5. The smallest absolute Gasteiger partial charge is 0.0713 e. The molecule has 4 heteroatoms. The van der Waals surface area contributed by atoms with Crippen LogP contribution in [0.4, 0.5) is 5.69 Å². The molecule has 0 spiro atoms. The third-order valence-electron chi connectivity index (χ3n) is 2.48. The molecule has 0 bridgehead atoms. The highest BCUT2D eigenvalue weighted by Gasteiger charge is 1.94. The molecule has 0 heterocycles. The summed E-state index contributed by atoms with van der Waals surface area (Å²) in [6.45, 7) is 3.69. The first-order valence-corrected chi connectivity index (χ1v) is 6.25. The van der Waals surface area contributed by atoms with Crippen molar-refractivity contribution in [2.45, 2.75) is 13.0 Å². The van der Waals surface area contributed by atoms with Gasteiger partial charge in [0.1, 0.15) is 0 Å². The first kappa shape index (κ1) is 15.0. The molecular weight excluding hydrogens is 230 g/mol. The molecule has 4 nitrogen and oxygen atoms in total.